The lowest BCUT2D eigenvalue weighted by atomic mass is 10.3. The first-order valence-corrected chi connectivity index (χ1v) is 4.48. The fraction of sp³-hybridized carbons (Fsp3) is 0.444. The first-order valence-electron chi connectivity index (χ1n) is 4.48. The van der Waals surface area contributed by atoms with Gasteiger partial charge in [-0.1, -0.05) is 0 Å². The minimum atomic E-state index is 0.757. The van der Waals surface area contributed by atoms with Crippen molar-refractivity contribution >= 4 is 0 Å². The van der Waals surface area contributed by atoms with Crippen LogP contribution in [0.25, 0.3) is 5.82 Å². The van der Waals surface area contributed by atoms with Gasteiger partial charge in [-0.15, -0.1) is 0 Å². The molecule has 0 saturated heterocycles. The third-order valence-corrected chi connectivity index (χ3v) is 2.43. The summed E-state index contributed by atoms with van der Waals surface area (Å²) < 4.78 is 3.55. The van der Waals surface area contributed by atoms with Crippen molar-refractivity contribution in [3.05, 3.63) is 23.4 Å². The van der Waals surface area contributed by atoms with Crippen LogP contribution >= 0.6 is 0 Å². The molecule has 0 aromatic carbocycles. The van der Waals surface area contributed by atoms with E-state index in [0.29, 0.717) is 0 Å². The van der Waals surface area contributed by atoms with Crippen molar-refractivity contribution in [3.63, 3.8) is 0 Å². The van der Waals surface area contributed by atoms with Crippen molar-refractivity contribution in [1.29, 1.82) is 0 Å². The highest BCUT2D eigenvalue weighted by Gasteiger charge is 2.11. The van der Waals surface area contributed by atoms with Crippen LogP contribution in [0.5, 0.6) is 0 Å². The lowest BCUT2D eigenvalue weighted by Gasteiger charge is -1.94. The Morgan fingerprint density at radius 1 is 1.14 bits per heavy atom. The molecular formula is C9H13N5. The van der Waals surface area contributed by atoms with Gasteiger partial charge in [0.05, 0.1) is 0 Å². The van der Waals surface area contributed by atoms with Gasteiger partial charge in [0.25, 0.3) is 0 Å². The average Bonchev–Trinajstić information content (AvgIpc) is 2.66. The largest absolute Gasteiger partial charge is 0.270 e. The van der Waals surface area contributed by atoms with E-state index in [1.54, 1.807) is 11.0 Å². The van der Waals surface area contributed by atoms with Gasteiger partial charge in [-0.05, 0) is 20.8 Å². The van der Waals surface area contributed by atoms with Gasteiger partial charge in [0.15, 0.2) is 5.82 Å². The summed E-state index contributed by atoms with van der Waals surface area (Å²) in [5.74, 6) is 1.61. The summed E-state index contributed by atoms with van der Waals surface area (Å²) in [5, 5.41) is 8.60. The molecule has 0 bridgehead atoms. The van der Waals surface area contributed by atoms with Crippen molar-refractivity contribution in [3.8, 4) is 5.82 Å². The van der Waals surface area contributed by atoms with E-state index in [0.717, 1.165) is 22.9 Å². The molecule has 0 unspecified atom stereocenters. The monoisotopic (exact) mass is 191 g/mol. The van der Waals surface area contributed by atoms with Gasteiger partial charge >= 0.3 is 0 Å². The second-order valence-electron chi connectivity index (χ2n) is 3.39. The van der Waals surface area contributed by atoms with Crippen LogP contribution in [0.2, 0.25) is 0 Å². The fourth-order valence-corrected chi connectivity index (χ4v) is 1.36. The number of rotatable bonds is 1. The van der Waals surface area contributed by atoms with Gasteiger partial charge in [0.2, 0.25) is 0 Å². The van der Waals surface area contributed by atoms with Crippen LogP contribution in [0, 0.1) is 20.8 Å². The van der Waals surface area contributed by atoms with Crippen LogP contribution < -0.4 is 0 Å². The van der Waals surface area contributed by atoms with Gasteiger partial charge in [0, 0.05) is 18.3 Å². The normalized spacial score (nSPS) is 10.9. The number of hydrogen-bond donors (Lipinski definition) is 0. The molecule has 0 radical (unpaired) electrons. The minimum absolute atomic E-state index is 0.757. The molecule has 0 atom stereocenters. The molecule has 5 heteroatoms. The molecular weight excluding hydrogens is 178 g/mol. The van der Waals surface area contributed by atoms with Crippen LogP contribution in [0.1, 0.15) is 17.1 Å². The molecule has 2 heterocycles. The smallest absolute Gasteiger partial charge is 0.179 e. The quantitative estimate of drug-likeness (QED) is 0.673. The second kappa shape index (κ2) is 2.94. The van der Waals surface area contributed by atoms with E-state index in [1.807, 2.05) is 32.5 Å². The maximum atomic E-state index is 4.37. The molecule has 2 aromatic rings. The van der Waals surface area contributed by atoms with E-state index in [4.69, 9.17) is 0 Å². The summed E-state index contributed by atoms with van der Waals surface area (Å²) in [6, 6.07) is 0. The number of aryl methyl sites for hydroxylation is 2. The molecule has 0 fully saturated rings. The SMILES string of the molecule is Cc1ncn(-c2nn(C)c(C)c2C)n1. The molecule has 0 spiro atoms. The lowest BCUT2D eigenvalue weighted by Crippen LogP contribution is -1.99. The molecule has 0 amide bonds. The Morgan fingerprint density at radius 2 is 1.86 bits per heavy atom. The third kappa shape index (κ3) is 1.21. The molecule has 0 saturated carbocycles. The van der Waals surface area contributed by atoms with E-state index in [9.17, 15) is 0 Å². The van der Waals surface area contributed by atoms with Crippen LogP contribution in [0.15, 0.2) is 6.33 Å². The molecule has 2 rings (SSSR count). The van der Waals surface area contributed by atoms with Crippen molar-refractivity contribution in [2.75, 3.05) is 0 Å². The highest BCUT2D eigenvalue weighted by atomic mass is 15.4. The molecule has 0 N–H and O–H groups in total. The zero-order chi connectivity index (χ0) is 10.3. The summed E-state index contributed by atoms with van der Waals surface area (Å²) in [6.07, 6.45) is 1.68. The maximum Gasteiger partial charge on any atom is 0.179 e. The number of nitrogens with zero attached hydrogens (tertiary/aromatic N) is 5. The van der Waals surface area contributed by atoms with Gasteiger partial charge in [-0.3, -0.25) is 4.68 Å². The third-order valence-electron chi connectivity index (χ3n) is 2.43. The predicted molar refractivity (Wildman–Crippen MR) is 52.3 cm³/mol. The lowest BCUT2D eigenvalue weighted by molar-refractivity contribution is 0.712. The Kier molecular flexibility index (Phi) is 1.87. The Labute approximate surface area is 82.4 Å². The van der Waals surface area contributed by atoms with E-state index in [2.05, 4.69) is 15.2 Å². The molecule has 74 valence electrons. The highest BCUT2D eigenvalue weighted by molar-refractivity contribution is 5.34. The van der Waals surface area contributed by atoms with Gasteiger partial charge in [0.1, 0.15) is 12.2 Å². The first kappa shape index (κ1) is 8.93. The highest BCUT2D eigenvalue weighted by Crippen LogP contribution is 2.14. The average molecular weight is 191 g/mol. The Bertz CT molecular complexity index is 466. The standard InChI is InChI=1S/C9H13N5/c1-6-7(2)13(4)12-9(6)14-5-10-8(3)11-14/h5H,1-4H3. The molecule has 0 aliphatic rings. The molecule has 2 aromatic heterocycles. The Balaban J connectivity index is 2.57. The van der Waals surface area contributed by atoms with E-state index in [-0.39, 0.29) is 0 Å². The van der Waals surface area contributed by atoms with Gasteiger partial charge in [-0.2, -0.15) is 10.2 Å². The van der Waals surface area contributed by atoms with Crippen molar-refractivity contribution in [1.82, 2.24) is 24.5 Å². The summed E-state index contributed by atoms with van der Waals surface area (Å²) >= 11 is 0. The van der Waals surface area contributed by atoms with E-state index in [1.165, 1.54) is 0 Å². The zero-order valence-corrected chi connectivity index (χ0v) is 8.81. The maximum absolute atomic E-state index is 4.37. The predicted octanol–water partition coefficient (Wildman–Crippen LogP) is 0.926. The van der Waals surface area contributed by atoms with E-state index < -0.39 is 0 Å². The summed E-state index contributed by atoms with van der Waals surface area (Å²) in [4.78, 5) is 4.08. The minimum Gasteiger partial charge on any atom is -0.270 e. The topological polar surface area (TPSA) is 48.5 Å². The van der Waals surface area contributed by atoms with Crippen LogP contribution in [0.3, 0.4) is 0 Å². The first-order chi connectivity index (χ1) is 6.59. The second-order valence-corrected chi connectivity index (χ2v) is 3.39. The summed E-state index contributed by atoms with van der Waals surface area (Å²) in [5.41, 5.74) is 2.28. The number of aromatic nitrogens is 5. The summed E-state index contributed by atoms with van der Waals surface area (Å²) in [6.45, 7) is 5.94. The fourth-order valence-electron chi connectivity index (χ4n) is 1.36. The van der Waals surface area contributed by atoms with Crippen LogP contribution in [-0.2, 0) is 7.05 Å². The molecule has 0 aliphatic heterocycles. The van der Waals surface area contributed by atoms with Gasteiger partial charge in [-0.25, -0.2) is 9.67 Å². The molecule has 5 nitrogen and oxygen atoms in total. The molecule has 14 heavy (non-hydrogen) atoms. The Morgan fingerprint density at radius 3 is 2.29 bits per heavy atom. The number of hydrogen-bond acceptors (Lipinski definition) is 3. The van der Waals surface area contributed by atoms with Gasteiger partial charge < -0.3 is 0 Å². The van der Waals surface area contributed by atoms with E-state index >= 15 is 0 Å². The van der Waals surface area contributed by atoms with Crippen LogP contribution in [0.4, 0.5) is 0 Å². The zero-order valence-electron chi connectivity index (χ0n) is 8.81. The van der Waals surface area contributed by atoms with Crippen molar-refractivity contribution < 1.29 is 0 Å². The Hall–Kier alpha value is -1.65. The molecule has 0 aliphatic carbocycles. The van der Waals surface area contributed by atoms with Crippen LogP contribution in [-0.4, -0.2) is 24.5 Å². The summed E-state index contributed by atoms with van der Waals surface area (Å²) in [7, 11) is 1.93. The van der Waals surface area contributed by atoms with Crippen molar-refractivity contribution in [2.45, 2.75) is 20.8 Å². The van der Waals surface area contributed by atoms with Crippen molar-refractivity contribution in [2.24, 2.45) is 7.05 Å².